The van der Waals surface area contributed by atoms with E-state index in [9.17, 15) is 0 Å². The molecule has 0 aliphatic heterocycles. The molecule has 0 unspecified atom stereocenters. The third-order valence-electron chi connectivity index (χ3n) is 4.18. The second-order valence-electron chi connectivity index (χ2n) is 6.15. The fraction of sp³-hybridized carbons (Fsp3) is 0.174. The summed E-state index contributed by atoms with van der Waals surface area (Å²) in [5.41, 5.74) is 4.59. The van der Waals surface area contributed by atoms with E-state index in [-0.39, 0.29) is 0 Å². The lowest BCUT2D eigenvalue weighted by molar-refractivity contribution is -0.431. The van der Waals surface area contributed by atoms with Crippen molar-refractivity contribution >= 4 is 40.4 Å². The Morgan fingerprint density at radius 1 is 1.15 bits per heavy atom. The van der Waals surface area contributed by atoms with Crippen molar-refractivity contribution in [2.75, 3.05) is 24.2 Å². The largest absolute Gasteiger partial charge is 0.366 e. The van der Waals surface area contributed by atoms with Gasteiger partial charge in [0.25, 0.3) is 0 Å². The summed E-state index contributed by atoms with van der Waals surface area (Å²) in [5.74, 6) is 0.976. The highest BCUT2D eigenvalue weighted by atomic mass is 33.1. The van der Waals surface area contributed by atoms with Crippen molar-refractivity contribution in [1.29, 1.82) is 0 Å². The van der Waals surface area contributed by atoms with Gasteiger partial charge in [0.2, 0.25) is 0 Å². The molecule has 27 heavy (non-hydrogen) atoms. The van der Waals surface area contributed by atoms with Crippen LogP contribution in [0.4, 0.5) is 5.69 Å². The highest BCUT2D eigenvalue weighted by molar-refractivity contribution is 8.68. The van der Waals surface area contributed by atoms with Crippen molar-refractivity contribution in [3.63, 3.8) is 0 Å². The zero-order valence-corrected chi connectivity index (χ0v) is 17.5. The lowest BCUT2D eigenvalue weighted by Crippen LogP contribution is -2.25. The van der Waals surface area contributed by atoms with E-state index >= 15 is 0 Å². The van der Waals surface area contributed by atoms with Crippen LogP contribution in [0.1, 0.15) is 11.1 Å². The Hall–Kier alpha value is -2.17. The molecule has 0 aromatic heterocycles. The first-order valence-electron chi connectivity index (χ1n) is 8.85. The van der Waals surface area contributed by atoms with Gasteiger partial charge in [0, 0.05) is 30.6 Å². The fourth-order valence-corrected chi connectivity index (χ4v) is 3.16. The van der Waals surface area contributed by atoms with Crippen molar-refractivity contribution in [2.45, 2.75) is 6.54 Å². The third kappa shape index (κ3) is 7.16. The smallest absolute Gasteiger partial charge is 0.197 e. The number of allylic oxidation sites excluding steroid dienone is 2. The van der Waals surface area contributed by atoms with E-state index in [1.165, 1.54) is 11.3 Å². The quantitative estimate of drug-likeness (QED) is 0.181. The third-order valence-corrected chi connectivity index (χ3v) is 5.09. The van der Waals surface area contributed by atoms with E-state index in [0.717, 1.165) is 30.1 Å². The van der Waals surface area contributed by atoms with E-state index < -0.39 is 0 Å². The number of rotatable bonds is 10. The molecular formula is C23H27N2S2+. The van der Waals surface area contributed by atoms with Gasteiger partial charge < -0.3 is 4.90 Å². The molecule has 2 aromatic carbocycles. The molecule has 2 nitrogen and oxygen atoms in total. The minimum Gasteiger partial charge on any atom is -0.366 e. The summed E-state index contributed by atoms with van der Waals surface area (Å²) in [6, 6.07) is 19.2. The van der Waals surface area contributed by atoms with Crippen molar-refractivity contribution in [2.24, 2.45) is 0 Å². The molecule has 0 saturated heterocycles. The van der Waals surface area contributed by atoms with Crippen molar-refractivity contribution in [3.05, 3.63) is 96.7 Å². The van der Waals surface area contributed by atoms with Crippen molar-refractivity contribution in [3.8, 4) is 0 Å². The molecule has 0 radical (unpaired) electrons. The Labute approximate surface area is 172 Å². The van der Waals surface area contributed by atoms with Crippen LogP contribution in [0, 0.1) is 0 Å². The molecule has 0 aliphatic carbocycles. The molecule has 0 atom stereocenters. The number of benzene rings is 2. The number of hydrogen-bond donors (Lipinski definition) is 1. The Bertz CT molecular complexity index is 793. The summed E-state index contributed by atoms with van der Waals surface area (Å²) >= 11 is 4.29. The highest BCUT2D eigenvalue weighted by Gasteiger charge is 2.07. The van der Waals surface area contributed by atoms with Crippen LogP contribution >= 0.6 is 22.5 Å². The number of anilines is 1. The second-order valence-corrected chi connectivity index (χ2v) is 7.59. The number of nitrogens with zero attached hydrogens (tertiary/aromatic N) is 2. The summed E-state index contributed by atoms with van der Waals surface area (Å²) in [6.07, 6.45) is 7.72. The topological polar surface area (TPSA) is 6.25 Å². The van der Waals surface area contributed by atoms with Crippen LogP contribution in [0.25, 0.3) is 6.08 Å². The molecule has 0 bridgehead atoms. The maximum atomic E-state index is 4.29. The zero-order chi connectivity index (χ0) is 19.5. The highest BCUT2D eigenvalue weighted by Crippen LogP contribution is 2.20. The predicted molar refractivity (Wildman–Crippen MR) is 126 cm³/mol. The van der Waals surface area contributed by atoms with E-state index in [0.29, 0.717) is 0 Å². The monoisotopic (exact) mass is 395 g/mol. The minimum atomic E-state index is 0.892. The molecule has 2 rings (SSSR count). The van der Waals surface area contributed by atoms with Gasteiger partial charge in [0.05, 0.1) is 0 Å². The first kappa shape index (κ1) is 21.1. The van der Waals surface area contributed by atoms with Crippen LogP contribution < -0.4 is 4.90 Å². The summed E-state index contributed by atoms with van der Waals surface area (Å²) in [5, 5.41) is 0. The molecule has 0 heterocycles. The van der Waals surface area contributed by atoms with Crippen LogP contribution in [-0.4, -0.2) is 30.1 Å². The van der Waals surface area contributed by atoms with Gasteiger partial charge in [-0.25, -0.2) is 4.58 Å². The summed E-state index contributed by atoms with van der Waals surface area (Å²) in [7, 11) is 3.53. The van der Waals surface area contributed by atoms with Gasteiger partial charge >= 0.3 is 0 Å². The Morgan fingerprint density at radius 2 is 1.85 bits per heavy atom. The molecule has 2 aromatic rings. The molecule has 0 aliphatic rings. The molecular weight excluding hydrogens is 368 g/mol. The average Bonchev–Trinajstić information content (AvgIpc) is 2.70. The summed E-state index contributed by atoms with van der Waals surface area (Å²) in [4.78, 5) is 2.39. The number of thiol groups is 1. The van der Waals surface area contributed by atoms with Gasteiger partial charge in [-0.15, -0.1) is 11.7 Å². The zero-order valence-electron chi connectivity index (χ0n) is 15.8. The van der Waals surface area contributed by atoms with E-state index in [1.807, 2.05) is 23.9 Å². The van der Waals surface area contributed by atoms with Gasteiger partial charge in [-0.05, 0) is 42.0 Å². The van der Waals surface area contributed by atoms with Gasteiger partial charge in [-0.2, -0.15) is 0 Å². The second kappa shape index (κ2) is 11.5. The molecule has 0 spiro atoms. The number of hydrogen-bond acceptors (Lipinski definition) is 3. The van der Waals surface area contributed by atoms with Crippen LogP contribution in [-0.2, 0) is 6.54 Å². The molecule has 0 saturated carbocycles. The Kier molecular flexibility index (Phi) is 9.02. The fourth-order valence-electron chi connectivity index (χ4n) is 2.61. The first-order valence-corrected chi connectivity index (χ1v) is 10.9. The van der Waals surface area contributed by atoms with Crippen molar-refractivity contribution < 1.29 is 4.58 Å². The van der Waals surface area contributed by atoms with Crippen LogP contribution in [0.3, 0.4) is 0 Å². The average molecular weight is 396 g/mol. The van der Waals surface area contributed by atoms with Gasteiger partial charge in [0.15, 0.2) is 11.9 Å². The first-order chi connectivity index (χ1) is 13.1. The van der Waals surface area contributed by atoms with E-state index in [2.05, 4.69) is 90.4 Å². The van der Waals surface area contributed by atoms with E-state index in [4.69, 9.17) is 0 Å². The van der Waals surface area contributed by atoms with Gasteiger partial charge in [0.1, 0.15) is 7.05 Å². The Balaban J connectivity index is 2.10. The molecule has 4 heteroatoms. The Morgan fingerprint density at radius 3 is 2.48 bits per heavy atom. The van der Waals surface area contributed by atoms with Crippen LogP contribution in [0.15, 0.2) is 85.6 Å². The summed E-state index contributed by atoms with van der Waals surface area (Å²) in [6.45, 7) is 9.61. The van der Waals surface area contributed by atoms with Crippen LogP contribution in [0.2, 0.25) is 0 Å². The van der Waals surface area contributed by atoms with Crippen LogP contribution in [0.5, 0.6) is 0 Å². The van der Waals surface area contributed by atoms with Gasteiger partial charge in [-0.3, -0.25) is 0 Å². The summed E-state index contributed by atoms with van der Waals surface area (Å²) < 4.78 is 1.94. The maximum absolute atomic E-state index is 4.29. The minimum absolute atomic E-state index is 0.892. The maximum Gasteiger partial charge on any atom is 0.197 e. The van der Waals surface area contributed by atoms with Crippen molar-refractivity contribution in [1.82, 2.24) is 0 Å². The molecule has 0 amide bonds. The predicted octanol–water partition coefficient (Wildman–Crippen LogP) is 5.70. The SMILES string of the molecule is C=CC=[N+](C)C(=C)/C=C/c1ccc(N(CCSS)Cc2ccccc2)cc1. The molecule has 0 fully saturated rings. The lowest BCUT2D eigenvalue weighted by Gasteiger charge is -2.25. The number of likely N-dealkylation sites (N-methyl/N-ethyl adjacent to an activating group) is 1. The standard InChI is InChI=1S/C23H26N2S2/c1-4-16-24(3)20(2)10-11-21-12-14-23(15-13-21)25(17-18-27-26)19-22-8-6-5-7-9-22/h4-16H,1-2,17-19H2,3H3/p+1/b11-10+,24-16?. The van der Waals surface area contributed by atoms with Gasteiger partial charge in [-0.1, -0.05) is 59.8 Å². The normalized spacial score (nSPS) is 11.6. The molecule has 140 valence electrons. The molecule has 0 N–H and O–H groups in total. The van der Waals surface area contributed by atoms with E-state index in [1.54, 1.807) is 16.9 Å². The lowest BCUT2D eigenvalue weighted by atomic mass is 10.1.